The average Bonchev–Trinajstić information content (AvgIpc) is 2.68. The summed E-state index contributed by atoms with van der Waals surface area (Å²) in [6.07, 6.45) is 0.960. The van der Waals surface area contributed by atoms with Crippen molar-refractivity contribution in [1.82, 2.24) is 10.2 Å². The summed E-state index contributed by atoms with van der Waals surface area (Å²) in [7, 11) is 3.77. The van der Waals surface area contributed by atoms with E-state index >= 15 is 0 Å². The largest absolute Gasteiger partial charge is 0.383 e. The lowest BCUT2D eigenvalue weighted by Gasteiger charge is -2.31. The van der Waals surface area contributed by atoms with Crippen LogP contribution in [0.3, 0.4) is 0 Å². The first-order valence-electron chi connectivity index (χ1n) is 7.95. The zero-order valence-electron chi connectivity index (χ0n) is 13.8. The summed E-state index contributed by atoms with van der Waals surface area (Å²) in [6, 6.07) is 8.59. The highest BCUT2D eigenvalue weighted by Crippen LogP contribution is 2.26. The number of nitrogens with one attached hydrogen (secondary N) is 1. The highest BCUT2D eigenvalue weighted by atomic mass is 16.5. The Morgan fingerprint density at radius 2 is 2.18 bits per heavy atom. The number of fused-ring (bicyclic) bond motifs is 1. The Bertz CT molecular complexity index is 493. The fourth-order valence-electron chi connectivity index (χ4n) is 2.95. The minimum atomic E-state index is 0.160. The van der Waals surface area contributed by atoms with Crippen LogP contribution in [0.15, 0.2) is 24.3 Å². The minimum Gasteiger partial charge on any atom is -0.383 e. The normalized spacial score (nSPS) is 18.0. The number of benzene rings is 1. The van der Waals surface area contributed by atoms with E-state index in [1.54, 1.807) is 7.11 Å². The van der Waals surface area contributed by atoms with Gasteiger partial charge in [0.05, 0.1) is 13.2 Å². The number of hydrogen-bond donors (Lipinski definition) is 1. The van der Waals surface area contributed by atoms with Crippen molar-refractivity contribution in [3.63, 3.8) is 0 Å². The Morgan fingerprint density at radius 1 is 1.41 bits per heavy atom. The Balaban J connectivity index is 2.09. The van der Waals surface area contributed by atoms with E-state index in [0.717, 1.165) is 13.0 Å². The number of ether oxygens (including phenoxy) is 1. The van der Waals surface area contributed by atoms with Crippen molar-refractivity contribution in [3.8, 4) is 0 Å². The molecule has 1 aliphatic heterocycles. The first-order valence-corrected chi connectivity index (χ1v) is 7.95. The topological polar surface area (TPSA) is 44.8 Å². The summed E-state index contributed by atoms with van der Waals surface area (Å²) < 4.78 is 5.00. The third-order valence-corrected chi connectivity index (χ3v) is 4.22. The van der Waals surface area contributed by atoms with Gasteiger partial charge in [-0.15, -0.1) is 0 Å². The molecule has 1 aliphatic rings. The zero-order chi connectivity index (χ0) is 15.9. The number of carbonyl (C=O) groups excluding carboxylic acids is 1. The second kappa shape index (κ2) is 8.15. The SMILES string of the molecule is CC[C@@H]1CN(C)c2ccccc2CN1C(=O)CNCCOC. The van der Waals surface area contributed by atoms with Gasteiger partial charge in [-0.1, -0.05) is 25.1 Å². The van der Waals surface area contributed by atoms with Gasteiger partial charge in [-0.25, -0.2) is 0 Å². The second-order valence-corrected chi connectivity index (χ2v) is 5.76. The summed E-state index contributed by atoms with van der Waals surface area (Å²) in [5.41, 5.74) is 2.44. The predicted octanol–water partition coefficient (Wildman–Crippen LogP) is 1.48. The van der Waals surface area contributed by atoms with Crippen molar-refractivity contribution in [2.75, 3.05) is 45.3 Å². The van der Waals surface area contributed by atoms with E-state index in [4.69, 9.17) is 4.74 Å². The molecule has 0 fully saturated rings. The maximum atomic E-state index is 12.6. The smallest absolute Gasteiger partial charge is 0.237 e. The number of nitrogens with zero attached hydrogens (tertiary/aromatic N) is 2. The predicted molar refractivity (Wildman–Crippen MR) is 89.1 cm³/mol. The summed E-state index contributed by atoms with van der Waals surface area (Å²) in [6.45, 7) is 5.39. The molecule has 0 saturated heterocycles. The number of anilines is 1. The maximum Gasteiger partial charge on any atom is 0.237 e. The summed E-state index contributed by atoms with van der Waals surface area (Å²) in [4.78, 5) is 16.9. The molecule has 0 saturated carbocycles. The molecule has 5 nitrogen and oxygen atoms in total. The number of likely N-dealkylation sites (N-methyl/N-ethyl adjacent to an activating group) is 1. The van der Waals surface area contributed by atoms with E-state index in [1.165, 1.54) is 11.3 Å². The monoisotopic (exact) mass is 305 g/mol. The van der Waals surface area contributed by atoms with Gasteiger partial charge in [-0.3, -0.25) is 4.79 Å². The molecule has 1 aromatic carbocycles. The van der Waals surface area contributed by atoms with Crippen molar-refractivity contribution in [3.05, 3.63) is 29.8 Å². The van der Waals surface area contributed by atoms with Crippen LogP contribution in [0.2, 0.25) is 0 Å². The Morgan fingerprint density at radius 3 is 2.91 bits per heavy atom. The molecule has 0 spiro atoms. The molecule has 1 atom stereocenters. The van der Waals surface area contributed by atoms with Crippen LogP contribution in [0.1, 0.15) is 18.9 Å². The number of amides is 1. The Labute approximate surface area is 133 Å². The van der Waals surface area contributed by atoms with Crippen LogP contribution in [-0.4, -0.2) is 57.2 Å². The van der Waals surface area contributed by atoms with Crippen molar-refractivity contribution >= 4 is 11.6 Å². The molecule has 1 heterocycles. The van der Waals surface area contributed by atoms with E-state index < -0.39 is 0 Å². The molecule has 0 aliphatic carbocycles. The van der Waals surface area contributed by atoms with Crippen LogP contribution >= 0.6 is 0 Å². The molecule has 122 valence electrons. The Hall–Kier alpha value is -1.59. The lowest BCUT2D eigenvalue weighted by molar-refractivity contribution is -0.133. The van der Waals surface area contributed by atoms with Gasteiger partial charge >= 0.3 is 0 Å². The summed E-state index contributed by atoms with van der Waals surface area (Å²) in [5, 5.41) is 3.15. The van der Waals surface area contributed by atoms with Crippen molar-refractivity contribution in [1.29, 1.82) is 0 Å². The van der Waals surface area contributed by atoms with Crippen LogP contribution < -0.4 is 10.2 Å². The fraction of sp³-hybridized carbons (Fsp3) is 0.588. The number of hydrogen-bond acceptors (Lipinski definition) is 4. The van der Waals surface area contributed by atoms with Gasteiger partial charge in [0.15, 0.2) is 0 Å². The standard InChI is InChI=1S/C17H27N3O2/c1-4-15-13-19(2)16-8-6-5-7-14(16)12-20(15)17(21)11-18-9-10-22-3/h5-8,15,18H,4,9-13H2,1-3H3/t15-/m1/s1. The Kier molecular flexibility index (Phi) is 6.21. The first kappa shape index (κ1) is 16.8. The highest BCUT2D eigenvalue weighted by molar-refractivity contribution is 5.79. The molecule has 2 rings (SSSR count). The zero-order valence-corrected chi connectivity index (χ0v) is 13.8. The molecule has 0 radical (unpaired) electrons. The summed E-state index contributed by atoms with van der Waals surface area (Å²) in [5.74, 6) is 0.160. The van der Waals surface area contributed by atoms with E-state index in [9.17, 15) is 4.79 Å². The maximum absolute atomic E-state index is 12.6. The van der Waals surface area contributed by atoms with Gasteiger partial charge in [0, 0.05) is 45.5 Å². The van der Waals surface area contributed by atoms with E-state index in [-0.39, 0.29) is 11.9 Å². The highest BCUT2D eigenvalue weighted by Gasteiger charge is 2.28. The quantitative estimate of drug-likeness (QED) is 0.809. The molecule has 0 bridgehead atoms. The molecular formula is C17H27N3O2. The molecule has 1 N–H and O–H groups in total. The van der Waals surface area contributed by atoms with Gasteiger partial charge in [0.25, 0.3) is 0 Å². The number of para-hydroxylation sites is 1. The third kappa shape index (κ3) is 3.99. The van der Waals surface area contributed by atoms with E-state index in [0.29, 0.717) is 26.2 Å². The molecule has 5 heteroatoms. The molecule has 0 aromatic heterocycles. The minimum absolute atomic E-state index is 0.160. The van der Waals surface area contributed by atoms with Gasteiger partial charge in [-0.2, -0.15) is 0 Å². The lowest BCUT2D eigenvalue weighted by atomic mass is 10.1. The number of rotatable bonds is 6. The molecule has 1 aromatic rings. The van der Waals surface area contributed by atoms with Crippen molar-refractivity contribution < 1.29 is 9.53 Å². The van der Waals surface area contributed by atoms with Gasteiger partial charge in [-0.05, 0) is 18.1 Å². The van der Waals surface area contributed by atoms with Gasteiger partial charge in [0.2, 0.25) is 5.91 Å². The van der Waals surface area contributed by atoms with Crippen LogP contribution in [0, 0.1) is 0 Å². The third-order valence-electron chi connectivity index (χ3n) is 4.22. The summed E-state index contributed by atoms with van der Waals surface area (Å²) >= 11 is 0. The van der Waals surface area contributed by atoms with Crippen LogP contribution in [0.4, 0.5) is 5.69 Å². The van der Waals surface area contributed by atoms with Crippen molar-refractivity contribution in [2.45, 2.75) is 25.9 Å². The van der Waals surface area contributed by atoms with Crippen LogP contribution in [0.25, 0.3) is 0 Å². The van der Waals surface area contributed by atoms with Crippen molar-refractivity contribution in [2.24, 2.45) is 0 Å². The first-order chi connectivity index (χ1) is 10.7. The lowest BCUT2D eigenvalue weighted by Crippen LogP contribution is -2.47. The number of carbonyl (C=O) groups is 1. The average molecular weight is 305 g/mol. The van der Waals surface area contributed by atoms with Crippen LogP contribution in [0.5, 0.6) is 0 Å². The molecule has 0 unspecified atom stereocenters. The van der Waals surface area contributed by atoms with Gasteiger partial charge < -0.3 is 19.9 Å². The fourth-order valence-corrected chi connectivity index (χ4v) is 2.95. The van der Waals surface area contributed by atoms with Crippen LogP contribution in [-0.2, 0) is 16.1 Å². The molecule has 22 heavy (non-hydrogen) atoms. The number of methoxy groups -OCH3 is 1. The molecular weight excluding hydrogens is 278 g/mol. The van der Waals surface area contributed by atoms with E-state index in [2.05, 4.69) is 42.4 Å². The second-order valence-electron chi connectivity index (χ2n) is 5.76. The van der Waals surface area contributed by atoms with Gasteiger partial charge in [0.1, 0.15) is 0 Å². The van der Waals surface area contributed by atoms with E-state index in [1.807, 2.05) is 11.0 Å². The molecule has 1 amide bonds.